The average Bonchev–Trinajstić information content (AvgIpc) is 2.62. The highest BCUT2D eigenvalue weighted by atomic mass is 32.1. The number of H-pyrrole nitrogens is 1. The lowest BCUT2D eigenvalue weighted by molar-refractivity contribution is 0.0649. The fourth-order valence-electron chi connectivity index (χ4n) is 2.94. The van der Waals surface area contributed by atoms with E-state index in [1.54, 1.807) is 23.2 Å². The molecule has 118 valence electrons. The van der Waals surface area contributed by atoms with Gasteiger partial charge >= 0.3 is 0 Å². The lowest BCUT2D eigenvalue weighted by Gasteiger charge is -2.31. The molecule has 4 nitrogen and oxygen atoms in total. The largest absolute Gasteiger partial charge is 0.352 e. The van der Waals surface area contributed by atoms with Crippen molar-refractivity contribution >= 4 is 23.9 Å². The van der Waals surface area contributed by atoms with E-state index in [4.69, 9.17) is 12.2 Å². The van der Waals surface area contributed by atoms with Crippen molar-refractivity contribution in [3.8, 4) is 0 Å². The Kier molecular flexibility index (Phi) is 4.67. The molecule has 2 heterocycles. The van der Waals surface area contributed by atoms with E-state index in [0.717, 1.165) is 5.56 Å². The molecule has 1 aromatic heterocycles. The van der Waals surface area contributed by atoms with E-state index in [9.17, 15) is 9.59 Å². The number of benzene rings is 1. The maximum atomic E-state index is 12.5. The first-order valence-corrected chi connectivity index (χ1v) is 8.14. The number of aromatic amines is 1. The van der Waals surface area contributed by atoms with Gasteiger partial charge in [-0.1, -0.05) is 42.5 Å². The van der Waals surface area contributed by atoms with Crippen LogP contribution in [0.1, 0.15) is 33.6 Å². The molecular weight excluding hydrogens is 308 g/mol. The number of aromatic nitrogens is 1. The number of piperidine rings is 1. The van der Waals surface area contributed by atoms with E-state index in [-0.39, 0.29) is 17.6 Å². The third kappa shape index (κ3) is 3.40. The second kappa shape index (κ2) is 6.87. The Morgan fingerprint density at radius 2 is 1.74 bits per heavy atom. The van der Waals surface area contributed by atoms with Crippen LogP contribution in [0.4, 0.5) is 0 Å². The molecule has 0 atom stereocenters. The zero-order valence-electron chi connectivity index (χ0n) is 12.7. The number of rotatable bonds is 3. The summed E-state index contributed by atoms with van der Waals surface area (Å²) in [5.74, 6) is 0.110. The molecule has 0 spiro atoms. The van der Waals surface area contributed by atoms with E-state index >= 15 is 0 Å². The molecule has 0 bridgehead atoms. The smallest absolute Gasteiger partial charge is 0.256 e. The number of nitrogens with zero attached hydrogens (tertiary/aromatic N) is 1. The number of hydrogen-bond donors (Lipinski definition) is 1. The molecule has 1 saturated heterocycles. The predicted octanol–water partition coefficient (Wildman–Crippen LogP) is 3.48. The van der Waals surface area contributed by atoms with Gasteiger partial charge in [-0.3, -0.25) is 9.59 Å². The highest BCUT2D eigenvalue weighted by molar-refractivity contribution is 7.71. The number of Topliss-reactive ketones (excluding diaryl/α,β-unsaturated/α-hetero) is 1. The highest BCUT2D eigenvalue weighted by Gasteiger charge is 2.28. The second-order valence-electron chi connectivity index (χ2n) is 5.71. The monoisotopic (exact) mass is 326 g/mol. The van der Waals surface area contributed by atoms with Gasteiger partial charge in [0.2, 0.25) is 0 Å². The van der Waals surface area contributed by atoms with Crippen LogP contribution >= 0.6 is 12.2 Å². The Morgan fingerprint density at radius 1 is 1.04 bits per heavy atom. The summed E-state index contributed by atoms with van der Waals surface area (Å²) >= 11 is 5.17. The lowest BCUT2D eigenvalue weighted by atomic mass is 9.89. The maximum Gasteiger partial charge on any atom is 0.256 e. The van der Waals surface area contributed by atoms with Crippen molar-refractivity contribution in [1.82, 2.24) is 9.88 Å². The summed E-state index contributed by atoms with van der Waals surface area (Å²) in [5.41, 5.74) is 1.28. The van der Waals surface area contributed by atoms with E-state index in [1.807, 2.05) is 30.3 Å². The first kappa shape index (κ1) is 15.6. The molecule has 23 heavy (non-hydrogen) atoms. The minimum Gasteiger partial charge on any atom is -0.352 e. The van der Waals surface area contributed by atoms with Crippen molar-refractivity contribution < 1.29 is 9.59 Å². The van der Waals surface area contributed by atoms with Crippen LogP contribution in [0.3, 0.4) is 0 Å². The van der Waals surface area contributed by atoms with Gasteiger partial charge in [0.05, 0.1) is 5.56 Å². The Balaban J connectivity index is 1.65. The molecule has 0 aliphatic carbocycles. The topological polar surface area (TPSA) is 53.2 Å². The van der Waals surface area contributed by atoms with Crippen LogP contribution < -0.4 is 0 Å². The van der Waals surface area contributed by atoms with Gasteiger partial charge in [-0.15, -0.1) is 0 Å². The molecular formula is C18H18N2O2S. The Labute approximate surface area is 140 Å². The number of amides is 1. The average molecular weight is 326 g/mol. The molecule has 0 saturated carbocycles. The molecule has 5 heteroatoms. The quantitative estimate of drug-likeness (QED) is 0.694. The number of likely N-dealkylation sites (tertiary alicyclic amines) is 1. The molecule has 0 unspecified atom stereocenters. The maximum absolute atomic E-state index is 12.5. The normalized spacial score (nSPS) is 15.4. The number of carbonyl (C=O) groups excluding carboxylic acids is 2. The van der Waals surface area contributed by atoms with Gasteiger partial charge in [0.1, 0.15) is 4.64 Å². The van der Waals surface area contributed by atoms with Crippen LogP contribution in [0, 0.1) is 10.6 Å². The minimum absolute atomic E-state index is 0.00763. The summed E-state index contributed by atoms with van der Waals surface area (Å²) in [5, 5.41) is 0. The van der Waals surface area contributed by atoms with E-state index in [2.05, 4.69) is 4.98 Å². The minimum atomic E-state index is -0.0579. The molecule has 1 aromatic carbocycles. The van der Waals surface area contributed by atoms with Crippen molar-refractivity contribution in [2.24, 2.45) is 5.92 Å². The standard InChI is InChI=1S/C18H18N2O2S/c21-16(13-5-2-1-3-6-13)14-8-11-20(12-9-14)18(22)15-7-4-10-19-17(15)23/h1-7,10,14H,8-9,11-12H2,(H,19,23). The van der Waals surface area contributed by atoms with Crippen molar-refractivity contribution in [2.75, 3.05) is 13.1 Å². The third-order valence-electron chi connectivity index (χ3n) is 4.26. The van der Waals surface area contributed by atoms with Gasteiger partial charge in [0.15, 0.2) is 5.78 Å². The zero-order chi connectivity index (χ0) is 16.2. The summed E-state index contributed by atoms with van der Waals surface area (Å²) in [6.45, 7) is 1.18. The fraction of sp³-hybridized carbons (Fsp3) is 0.278. The first-order chi connectivity index (χ1) is 11.2. The molecule has 1 amide bonds. The van der Waals surface area contributed by atoms with E-state index < -0.39 is 0 Å². The predicted molar refractivity (Wildman–Crippen MR) is 91.0 cm³/mol. The number of pyridine rings is 1. The van der Waals surface area contributed by atoms with Crippen LogP contribution in [-0.2, 0) is 0 Å². The summed E-state index contributed by atoms with van der Waals surface area (Å²) in [6, 6.07) is 12.9. The van der Waals surface area contributed by atoms with Crippen molar-refractivity contribution in [3.05, 3.63) is 64.4 Å². The lowest BCUT2D eigenvalue weighted by Crippen LogP contribution is -2.40. The summed E-state index contributed by atoms with van der Waals surface area (Å²) < 4.78 is 0.458. The van der Waals surface area contributed by atoms with Crippen molar-refractivity contribution in [3.63, 3.8) is 0 Å². The molecule has 1 aliphatic rings. The molecule has 1 aliphatic heterocycles. The fourth-order valence-corrected chi connectivity index (χ4v) is 3.17. The first-order valence-electron chi connectivity index (χ1n) is 7.73. The van der Waals surface area contributed by atoms with Crippen molar-refractivity contribution in [2.45, 2.75) is 12.8 Å². The summed E-state index contributed by atoms with van der Waals surface area (Å²) in [4.78, 5) is 29.7. The van der Waals surface area contributed by atoms with Crippen LogP contribution in [0.15, 0.2) is 48.7 Å². The van der Waals surface area contributed by atoms with Crippen LogP contribution in [0.25, 0.3) is 0 Å². The van der Waals surface area contributed by atoms with Gasteiger partial charge in [-0.2, -0.15) is 0 Å². The Morgan fingerprint density at radius 3 is 2.39 bits per heavy atom. The van der Waals surface area contributed by atoms with E-state index in [0.29, 0.717) is 36.1 Å². The third-order valence-corrected chi connectivity index (χ3v) is 4.60. The zero-order valence-corrected chi connectivity index (χ0v) is 13.5. The number of hydrogen-bond acceptors (Lipinski definition) is 3. The van der Waals surface area contributed by atoms with Gasteiger partial charge < -0.3 is 9.88 Å². The number of carbonyl (C=O) groups is 2. The van der Waals surface area contributed by atoms with Gasteiger partial charge in [-0.05, 0) is 25.0 Å². The Hall–Kier alpha value is -2.27. The summed E-state index contributed by atoms with van der Waals surface area (Å²) in [6.07, 6.45) is 3.11. The van der Waals surface area contributed by atoms with Crippen LogP contribution in [0.5, 0.6) is 0 Å². The van der Waals surface area contributed by atoms with Gasteiger partial charge in [0, 0.05) is 30.8 Å². The van der Waals surface area contributed by atoms with Crippen LogP contribution in [0.2, 0.25) is 0 Å². The molecule has 0 radical (unpaired) electrons. The highest BCUT2D eigenvalue weighted by Crippen LogP contribution is 2.23. The van der Waals surface area contributed by atoms with Crippen LogP contribution in [-0.4, -0.2) is 34.7 Å². The van der Waals surface area contributed by atoms with E-state index in [1.165, 1.54) is 0 Å². The number of ketones is 1. The molecule has 2 aromatic rings. The molecule has 3 rings (SSSR count). The molecule has 1 fully saturated rings. The molecule has 1 N–H and O–H groups in total. The van der Waals surface area contributed by atoms with Gasteiger partial charge in [-0.25, -0.2) is 0 Å². The summed E-state index contributed by atoms with van der Waals surface area (Å²) in [7, 11) is 0. The van der Waals surface area contributed by atoms with Gasteiger partial charge in [0.25, 0.3) is 5.91 Å². The second-order valence-corrected chi connectivity index (χ2v) is 6.12. The SMILES string of the molecule is O=C(c1ccccc1)C1CCN(C(=O)c2ccc[nH]c2=S)CC1. The number of nitrogens with one attached hydrogen (secondary N) is 1. The van der Waals surface area contributed by atoms with Crippen molar-refractivity contribution in [1.29, 1.82) is 0 Å². The Bertz CT molecular complexity index is 762.